The molecule has 0 atom stereocenters. The van der Waals surface area contributed by atoms with Gasteiger partial charge >= 0.3 is 0 Å². The number of hydrogen-bond acceptors (Lipinski definition) is 4. The Morgan fingerprint density at radius 1 is 0.893 bits per heavy atom. The number of hydrogen-bond donors (Lipinski definition) is 1. The molecule has 0 aliphatic carbocycles. The Hall–Kier alpha value is -3.18. The van der Waals surface area contributed by atoms with Crippen molar-refractivity contribution in [2.75, 3.05) is 31.1 Å². The van der Waals surface area contributed by atoms with E-state index in [0.717, 1.165) is 48.7 Å². The van der Waals surface area contributed by atoms with Crippen LogP contribution in [0.1, 0.15) is 5.56 Å². The second-order valence-electron chi connectivity index (χ2n) is 7.20. The highest BCUT2D eigenvalue weighted by Crippen LogP contribution is 2.37. The Morgan fingerprint density at radius 2 is 1.64 bits per heavy atom. The van der Waals surface area contributed by atoms with E-state index >= 15 is 0 Å². The number of nitrogens with one attached hydrogen (secondary N) is 1. The van der Waals surface area contributed by atoms with Crippen molar-refractivity contribution < 1.29 is 0 Å². The van der Waals surface area contributed by atoms with Gasteiger partial charge in [-0.25, -0.2) is 9.97 Å². The lowest BCUT2D eigenvalue weighted by Gasteiger charge is -2.29. The summed E-state index contributed by atoms with van der Waals surface area (Å²) in [5.41, 5.74) is 5.69. The van der Waals surface area contributed by atoms with E-state index in [1.165, 1.54) is 16.7 Å². The van der Waals surface area contributed by atoms with Crippen molar-refractivity contribution in [3.05, 3.63) is 72.7 Å². The van der Waals surface area contributed by atoms with Gasteiger partial charge in [-0.05, 0) is 24.1 Å². The molecule has 1 N–H and O–H groups in total. The van der Waals surface area contributed by atoms with Gasteiger partial charge < -0.3 is 14.8 Å². The van der Waals surface area contributed by atoms with E-state index in [1.54, 1.807) is 6.33 Å². The summed E-state index contributed by atoms with van der Waals surface area (Å²) in [4.78, 5) is 11.8. The second kappa shape index (κ2) is 7.09. The number of nitrogens with zero attached hydrogens (tertiary/aromatic N) is 4. The molecule has 1 aliphatic heterocycles. The Morgan fingerprint density at radius 3 is 2.43 bits per heavy atom. The molecule has 5 rings (SSSR count). The molecule has 0 amide bonds. The number of para-hydroxylation sites is 1. The van der Waals surface area contributed by atoms with E-state index < -0.39 is 0 Å². The molecule has 1 saturated heterocycles. The fraction of sp³-hybridized carbons (Fsp3) is 0.217. The molecule has 0 bridgehead atoms. The molecule has 0 radical (unpaired) electrons. The van der Waals surface area contributed by atoms with Gasteiger partial charge in [0, 0.05) is 43.6 Å². The Labute approximate surface area is 164 Å². The minimum Gasteiger partial charge on any atom is -0.353 e. The van der Waals surface area contributed by atoms with Gasteiger partial charge in [0.05, 0.1) is 5.39 Å². The molecule has 5 nitrogen and oxygen atoms in total. The molecular formula is C23H23N5. The van der Waals surface area contributed by atoms with Crippen LogP contribution >= 0.6 is 0 Å². The summed E-state index contributed by atoms with van der Waals surface area (Å²) in [5, 5.41) is 4.55. The van der Waals surface area contributed by atoms with Crippen LogP contribution in [0.25, 0.3) is 27.8 Å². The molecule has 0 saturated carbocycles. The van der Waals surface area contributed by atoms with Crippen LogP contribution in [-0.4, -0.2) is 40.7 Å². The highest BCUT2D eigenvalue weighted by molar-refractivity contribution is 6.02. The van der Waals surface area contributed by atoms with E-state index in [0.29, 0.717) is 0 Å². The molecule has 28 heavy (non-hydrogen) atoms. The first kappa shape index (κ1) is 17.0. The topological polar surface area (TPSA) is 46.0 Å². The van der Waals surface area contributed by atoms with Crippen molar-refractivity contribution in [3.63, 3.8) is 0 Å². The lowest BCUT2D eigenvalue weighted by Crippen LogP contribution is -2.44. The summed E-state index contributed by atoms with van der Waals surface area (Å²) in [5.74, 6) is 1.03. The Balaban J connectivity index is 1.80. The van der Waals surface area contributed by atoms with Crippen molar-refractivity contribution >= 4 is 16.9 Å². The van der Waals surface area contributed by atoms with Gasteiger partial charge in [-0.15, -0.1) is 0 Å². The van der Waals surface area contributed by atoms with Gasteiger partial charge in [-0.1, -0.05) is 48.5 Å². The average Bonchev–Trinajstić information content (AvgIpc) is 3.15. The molecule has 5 heteroatoms. The molecule has 1 fully saturated rings. The van der Waals surface area contributed by atoms with Crippen LogP contribution < -0.4 is 10.2 Å². The first-order valence-corrected chi connectivity index (χ1v) is 9.76. The van der Waals surface area contributed by atoms with Crippen LogP contribution in [0.4, 0.5) is 5.82 Å². The predicted molar refractivity (Wildman–Crippen MR) is 114 cm³/mol. The van der Waals surface area contributed by atoms with E-state index in [4.69, 9.17) is 9.97 Å². The largest absolute Gasteiger partial charge is 0.353 e. The zero-order chi connectivity index (χ0) is 18.9. The smallest absolute Gasteiger partial charge is 0.150 e. The molecule has 1 aliphatic rings. The van der Waals surface area contributed by atoms with E-state index in [2.05, 4.69) is 82.5 Å². The van der Waals surface area contributed by atoms with E-state index in [1.807, 2.05) is 0 Å². The average molecular weight is 369 g/mol. The number of rotatable bonds is 3. The highest BCUT2D eigenvalue weighted by Gasteiger charge is 2.22. The van der Waals surface area contributed by atoms with Crippen LogP contribution in [0.3, 0.4) is 0 Å². The predicted octanol–water partition coefficient (Wildman–Crippen LogP) is 3.81. The maximum atomic E-state index is 4.72. The molecule has 0 spiro atoms. The van der Waals surface area contributed by atoms with Crippen LogP contribution in [0.5, 0.6) is 0 Å². The van der Waals surface area contributed by atoms with Crippen LogP contribution in [0.2, 0.25) is 0 Å². The normalized spacial score (nSPS) is 14.5. The monoisotopic (exact) mass is 369 g/mol. The number of anilines is 1. The summed E-state index contributed by atoms with van der Waals surface area (Å²) in [7, 11) is 0. The number of aromatic nitrogens is 3. The zero-order valence-electron chi connectivity index (χ0n) is 16.0. The quantitative estimate of drug-likeness (QED) is 0.597. The first-order valence-electron chi connectivity index (χ1n) is 9.76. The van der Waals surface area contributed by atoms with Crippen LogP contribution in [0.15, 0.2) is 67.1 Å². The summed E-state index contributed by atoms with van der Waals surface area (Å²) < 4.78 is 2.21. The molecule has 0 unspecified atom stereocenters. The lowest BCUT2D eigenvalue weighted by molar-refractivity contribution is 0.586. The molecule has 140 valence electrons. The standard InChI is InChI=1S/C23H23N5/c1-17-7-5-6-10-20(17)28-15-19(18-8-3-2-4-9-18)21-22(25-16-26-23(21)28)27-13-11-24-12-14-27/h2-10,15-16,24H,11-14H2,1H3. The third-order valence-corrected chi connectivity index (χ3v) is 5.44. The van der Waals surface area contributed by atoms with Crippen molar-refractivity contribution in [2.45, 2.75) is 6.92 Å². The summed E-state index contributed by atoms with van der Waals surface area (Å²) in [6.07, 6.45) is 3.91. The maximum Gasteiger partial charge on any atom is 0.150 e. The highest BCUT2D eigenvalue weighted by atomic mass is 15.2. The number of benzene rings is 2. The van der Waals surface area contributed by atoms with Crippen LogP contribution in [-0.2, 0) is 0 Å². The van der Waals surface area contributed by atoms with E-state index in [9.17, 15) is 0 Å². The molecule has 4 aromatic rings. The number of aryl methyl sites for hydroxylation is 1. The number of piperazine rings is 1. The third-order valence-electron chi connectivity index (χ3n) is 5.44. The minimum atomic E-state index is 0.954. The molecule has 2 aromatic heterocycles. The zero-order valence-corrected chi connectivity index (χ0v) is 16.0. The lowest BCUT2D eigenvalue weighted by atomic mass is 10.1. The summed E-state index contributed by atoms with van der Waals surface area (Å²) in [6, 6.07) is 19.0. The Bertz CT molecular complexity index is 1110. The molecule has 3 heterocycles. The third kappa shape index (κ3) is 2.84. The van der Waals surface area contributed by atoms with Crippen molar-refractivity contribution in [1.29, 1.82) is 0 Å². The van der Waals surface area contributed by atoms with Crippen molar-refractivity contribution in [3.8, 4) is 16.8 Å². The molecule has 2 aromatic carbocycles. The van der Waals surface area contributed by atoms with Crippen molar-refractivity contribution in [2.24, 2.45) is 0 Å². The van der Waals surface area contributed by atoms with Gasteiger partial charge in [-0.3, -0.25) is 0 Å². The van der Waals surface area contributed by atoms with E-state index in [-0.39, 0.29) is 0 Å². The van der Waals surface area contributed by atoms with Gasteiger partial charge in [-0.2, -0.15) is 0 Å². The van der Waals surface area contributed by atoms with Crippen LogP contribution in [0, 0.1) is 6.92 Å². The maximum absolute atomic E-state index is 4.72. The van der Waals surface area contributed by atoms with Gasteiger partial charge in [0.2, 0.25) is 0 Å². The van der Waals surface area contributed by atoms with Crippen molar-refractivity contribution in [1.82, 2.24) is 19.9 Å². The van der Waals surface area contributed by atoms with Gasteiger partial charge in [0.15, 0.2) is 5.65 Å². The minimum absolute atomic E-state index is 0.954. The SMILES string of the molecule is Cc1ccccc1-n1cc(-c2ccccc2)c2c(N3CCNCC3)ncnc21. The summed E-state index contributed by atoms with van der Waals surface area (Å²) in [6.45, 7) is 6.00. The van der Waals surface area contributed by atoms with Gasteiger partial charge in [0.25, 0.3) is 0 Å². The first-order chi connectivity index (χ1) is 13.8. The Kier molecular flexibility index (Phi) is 4.29. The fourth-order valence-electron chi connectivity index (χ4n) is 4.02. The second-order valence-corrected chi connectivity index (χ2v) is 7.20. The fourth-order valence-corrected chi connectivity index (χ4v) is 4.02. The number of fused-ring (bicyclic) bond motifs is 1. The molecular weight excluding hydrogens is 346 g/mol. The van der Waals surface area contributed by atoms with Gasteiger partial charge in [0.1, 0.15) is 12.1 Å². The summed E-state index contributed by atoms with van der Waals surface area (Å²) >= 11 is 0.